The molecule has 0 spiro atoms. The van der Waals surface area contributed by atoms with Gasteiger partial charge in [0.1, 0.15) is 11.6 Å². The Morgan fingerprint density at radius 1 is 1.30 bits per heavy atom. The monoisotopic (exact) mass is 387 g/mol. The van der Waals surface area contributed by atoms with Crippen molar-refractivity contribution in [1.29, 1.82) is 0 Å². The fourth-order valence-electron chi connectivity index (χ4n) is 3.09. The molecule has 8 heteroatoms. The molecule has 138 valence electrons. The number of amides is 1. The van der Waals surface area contributed by atoms with E-state index in [0.717, 1.165) is 5.56 Å². The second-order valence-electron chi connectivity index (χ2n) is 6.19. The molecule has 0 bridgehead atoms. The van der Waals surface area contributed by atoms with Crippen LogP contribution in [0, 0.1) is 5.82 Å². The van der Waals surface area contributed by atoms with Gasteiger partial charge in [0, 0.05) is 29.5 Å². The normalized spacial score (nSPS) is 16.8. The third-order valence-corrected chi connectivity index (χ3v) is 4.68. The number of nitrogens with zero attached hydrogens (tertiary/aromatic N) is 3. The standard InChI is InChI=1S/C19H15ClFN3O3/c1-26-14-4-2-3-11(7-14)19-22-18(23-27-19)12-8-17(25)24(10-12)16-6-5-13(20)9-15(16)21/h2-7,9,12H,8,10H2,1H3. The highest BCUT2D eigenvalue weighted by atomic mass is 35.5. The maximum Gasteiger partial charge on any atom is 0.258 e. The number of anilines is 1. The summed E-state index contributed by atoms with van der Waals surface area (Å²) in [5.74, 6) is 0.407. The third-order valence-electron chi connectivity index (χ3n) is 4.45. The van der Waals surface area contributed by atoms with E-state index < -0.39 is 5.82 Å². The number of benzene rings is 2. The number of carbonyl (C=O) groups is 1. The fourth-order valence-corrected chi connectivity index (χ4v) is 3.25. The van der Waals surface area contributed by atoms with Crippen molar-refractivity contribution in [3.05, 3.63) is 59.1 Å². The van der Waals surface area contributed by atoms with Gasteiger partial charge < -0.3 is 14.2 Å². The Labute approximate surface area is 159 Å². The summed E-state index contributed by atoms with van der Waals surface area (Å²) in [6.45, 7) is 0.272. The molecule has 1 unspecified atom stereocenters. The number of halogens is 2. The third kappa shape index (κ3) is 3.38. The highest BCUT2D eigenvalue weighted by molar-refractivity contribution is 6.30. The molecule has 0 radical (unpaired) electrons. The van der Waals surface area contributed by atoms with Gasteiger partial charge >= 0.3 is 0 Å². The van der Waals surface area contributed by atoms with Crippen molar-refractivity contribution >= 4 is 23.2 Å². The van der Waals surface area contributed by atoms with Crippen LogP contribution < -0.4 is 9.64 Å². The molecule has 1 fully saturated rings. The zero-order chi connectivity index (χ0) is 19.0. The van der Waals surface area contributed by atoms with Crippen molar-refractivity contribution in [3.8, 4) is 17.2 Å². The molecule has 0 N–H and O–H groups in total. The summed E-state index contributed by atoms with van der Waals surface area (Å²) in [7, 11) is 1.58. The van der Waals surface area contributed by atoms with Gasteiger partial charge in [0.05, 0.1) is 12.8 Å². The first-order valence-electron chi connectivity index (χ1n) is 8.28. The molecule has 6 nitrogen and oxygen atoms in total. The van der Waals surface area contributed by atoms with Gasteiger partial charge in [-0.1, -0.05) is 22.8 Å². The van der Waals surface area contributed by atoms with Crippen LogP contribution in [0.25, 0.3) is 11.5 Å². The zero-order valence-corrected chi connectivity index (χ0v) is 15.1. The Morgan fingerprint density at radius 3 is 2.93 bits per heavy atom. The van der Waals surface area contributed by atoms with E-state index in [0.29, 0.717) is 17.5 Å². The van der Waals surface area contributed by atoms with Gasteiger partial charge in [-0.25, -0.2) is 4.39 Å². The van der Waals surface area contributed by atoms with Gasteiger partial charge in [-0.2, -0.15) is 4.98 Å². The highest BCUT2D eigenvalue weighted by Gasteiger charge is 2.35. The minimum Gasteiger partial charge on any atom is -0.497 e. The molecule has 1 amide bonds. The summed E-state index contributed by atoms with van der Waals surface area (Å²) < 4.78 is 24.7. The molecule has 2 aromatic carbocycles. The number of rotatable bonds is 4. The average molecular weight is 388 g/mol. The molecule has 1 aliphatic rings. The number of aromatic nitrogens is 2. The van der Waals surface area contributed by atoms with E-state index in [4.69, 9.17) is 20.9 Å². The lowest BCUT2D eigenvalue weighted by Gasteiger charge is -2.17. The summed E-state index contributed by atoms with van der Waals surface area (Å²) in [5.41, 5.74) is 0.918. The van der Waals surface area contributed by atoms with Crippen LogP contribution in [-0.4, -0.2) is 29.7 Å². The van der Waals surface area contributed by atoms with Crippen LogP contribution in [0.15, 0.2) is 47.0 Å². The van der Waals surface area contributed by atoms with Crippen molar-refractivity contribution in [1.82, 2.24) is 10.1 Å². The predicted molar refractivity (Wildman–Crippen MR) is 97.4 cm³/mol. The Hall–Kier alpha value is -2.93. The maximum atomic E-state index is 14.2. The zero-order valence-electron chi connectivity index (χ0n) is 14.4. The van der Waals surface area contributed by atoms with Gasteiger partial charge in [-0.3, -0.25) is 4.79 Å². The molecule has 3 aromatic rings. The molecular weight excluding hydrogens is 373 g/mol. The van der Waals surface area contributed by atoms with E-state index in [-0.39, 0.29) is 35.5 Å². The minimum atomic E-state index is -0.540. The van der Waals surface area contributed by atoms with Crippen LogP contribution in [0.2, 0.25) is 5.02 Å². The minimum absolute atomic E-state index is 0.180. The van der Waals surface area contributed by atoms with E-state index in [1.54, 1.807) is 19.2 Å². The summed E-state index contributed by atoms with van der Waals surface area (Å²) in [6.07, 6.45) is 0.180. The number of hydrogen-bond donors (Lipinski definition) is 0. The van der Waals surface area contributed by atoms with Crippen molar-refractivity contribution in [2.45, 2.75) is 12.3 Å². The number of hydrogen-bond acceptors (Lipinski definition) is 5. The predicted octanol–water partition coefficient (Wildman–Crippen LogP) is 4.06. The Balaban J connectivity index is 1.57. The number of carbonyl (C=O) groups excluding carboxylic acids is 1. The molecular formula is C19H15ClFN3O3. The van der Waals surface area contributed by atoms with E-state index in [2.05, 4.69) is 10.1 Å². The molecule has 1 aromatic heterocycles. The smallest absolute Gasteiger partial charge is 0.258 e. The van der Waals surface area contributed by atoms with Gasteiger partial charge in [0.2, 0.25) is 5.91 Å². The maximum absolute atomic E-state index is 14.2. The van der Waals surface area contributed by atoms with Gasteiger partial charge in [-0.05, 0) is 36.4 Å². The second kappa shape index (κ2) is 7.00. The summed E-state index contributed by atoms with van der Waals surface area (Å²) in [4.78, 5) is 18.2. The molecule has 0 aliphatic carbocycles. The molecule has 27 heavy (non-hydrogen) atoms. The van der Waals surface area contributed by atoms with E-state index >= 15 is 0 Å². The summed E-state index contributed by atoms with van der Waals surface area (Å²) >= 11 is 5.78. The van der Waals surface area contributed by atoms with E-state index in [1.165, 1.54) is 17.0 Å². The van der Waals surface area contributed by atoms with Crippen LogP contribution >= 0.6 is 11.6 Å². The summed E-state index contributed by atoms with van der Waals surface area (Å²) in [5, 5.41) is 4.29. The largest absolute Gasteiger partial charge is 0.497 e. The van der Waals surface area contributed by atoms with Crippen molar-refractivity contribution in [2.24, 2.45) is 0 Å². The lowest BCUT2D eigenvalue weighted by atomic mass is 10.1. The van der Waals surface area contributed by atoms with Crippen LogP contribution in [0.3, 0.4) is 0 Å². The van der Waals surface area contributed by atoms with Crippen LogP contribution in [0.5, 0.6) is 5.75 Å². The van der Waals surface area contributed by atoms with Gasteiger partial charge in [-0.15, -0.1) is 0 Å². The molecule has 1 aliphatic heterocycles. The second-order valence-corrected chi connectivity index (χ2v) is 6.63. The van der Waals surface area contributed by atoms with E-state index in [1.807, 2.05) is 18.2 Å². The molecule has 4 rings (SSSR count). The van der Waals surface area contributed by atoms with Crippen molar-refractivity contribution in [2.75, 3.05) is 18.6 Å². The van der Waals surface area contributed by atoms with Crippen LogP contribution in [0.4, 0.5) is 10.1 Å². The first-order chi connectivity index (χ1) is 13.0. The first-order valence-corrected chi connectivity index (χ1v) is 8.66. The van der Waals surface area contributed by atoms with E-state index in [9.17, 15) is 9.18 Å². The molecule has 1 atom stereocenters. The number of methoxy groups -OCH3 is 1. The molecule has 2 heterocycles. The first kappa shape index (κ1) is 17.5. The topological polar surface area (TPSA) is 68.5 Å². The van der Waals surface area contributed by atoms with Crippen LogP contribution in [0.1, 0.15) is 18.2 Å². The van der Waals surface area contributed by atoms with Crippen molar-refractivity contribution in [3.63, 3.8) is 0 Å². The lowest BCUT2D eigenvalue weighted by molar-refractivity contribution is -0.117. The van der Waals surface area contributed by atoms with Crippen LogP contribution in [-0.2, 0) is 4.79 Å². The Kier molecular flexibility index (Phi) is 4.53. The fraction of sp³-hybridized carbons (Fsp3) is 0.211. The van der Waals surface area contributed by atoms with Gasteiger partial charge in [0.25, 0.3) is 5.89 Å². The average Bonchev–Trinajstić information content (AvgIpc) is 3.29. The lowest BCUT2D eigenvalue weighted by Crippen LogP contribution is -2.25. The van der Waals surface area contributed by atoms with Gasteiger partial charge in [0.15, 0.2) is 5.82 Å². The molecule has 0 saturated carbocycles. The molecule has 1 saturated heterocycles. The SMILES string of the molecule is COc1cccc(-c2nc(C3CC(=O)N(c4ccc(Cl)cc4F)C3)no2)c1. The summed E-state index contributed by atoms with van der Waals surface area (Å²) in [6, 6.07) is 11.5. The quantitative estimate of drug-likeness (QED) is 0.675. The number of ether oxygens (including phenoxy) is 1. The van der Waals surface area contributed by atoms with Crippen molar-refractivity contribution < 1.29 is 18.4 Å². The Bertz CT molecular complexity index is 1010. The Morgan fingerprint density at radius 2 is 2.15 bits per heavy atom. The highest BCUT2D eigenvalue weighted by Crippen LogP contribution is 2.33.